The largest absolute Gasteiger partial charge is 0.483 e. The first-order chi connectivity index (χ1) is 10.1. The highest BCUT2D eigenvalue weighted by Crippen LogP contribution is 2.23. The molecule has 0 aliphatic rings. The van der Waals surface area contributed by atoms with Crippen LogP contribution in [0, 0.1) is 0 Å². The number of rotatable bonds is 7. The number of halogens is 1. The zero-order valence-corrected chi connectivity index (χ0v) is 12.2. The Balaban J connectivity index is 2.01. The maximum atomic E-state index is 10.5. The normalized spacial score (nSPS) is 12.1. The summed E-state index contributed by atoms with van der Waals surface area (Å²) >= 11 is 5.90. The van der Waals surface area contributed by atoms with Crippen LogP contribution in [0.5, 0.6) is 5.75 Å². The molecule has 8 heteroatoms. The maximum absolute atomic E-state index is 10.5. The van der Waals surface area contributed by atoms with Crippen LogP contribution in [0.15, 0.2) is 24.3 Å². The molecule has 7 nitrogen and oxygen atoms in total. The van der Waals surface area contributed by atoms with E-state index >= 15 is 0 Å². The number of carboxylic acid groups (broad SMARTS) is 1. The fraction of sp³-hybridized carbons (Fsp3) is 0.385. The highest BCUT2D eigenvalue weighted by molar-refractivity contribution is 6.30. The first-order valence-corrected chi connectivity index (χ1v) is 6.84. The van der Waals surface area contributed by atoms with Crippen molar-refractivity contribution in [1.29, 1.82) is 0 Å². The Morgan fingerprint density at radius 2 is 2.33 bits per heavy atom. The highest BCUT2D eigenvalue weighted by atomic mass is 35.5. The minimum atomic E-state index is -0.840. The number of carbonyl (C=O) groups is 1. The van der Waals surface area contributed by atoms with Gasteiger partial charge in [0.2, 0.25) is 0 Å². The molecule has 1 unspecified atom stereocenters. The molecule has 1 aromatic heterocycles. The minimum absolute atomic E-state index is 0.0723. The third-order valence-corrected chi connectivity index (χ3v) is 3.03. The van der Waals surface area contributed by atoms with Gasteiger partial charge < -0.3 is 9.84 Å². The van der Waals surface area contributed by atoms with E-state index < -0.39 is 5.97 Å². The summed E-state index contributed by atoms with van der Waals surface area (Å²) in [6.45, 7) is 2.25. The van der Waals surface area contributed by atoms with Crippen molar-refractivity contribution in [2.45, 2.75) is 32.4 Å². The zero-order chi connectivity index (χ0) is 15.2. The Labute approximate surface area is 126 Å². The Morgan fingerprint density at radius 1 is 1.52 bits per heavy atom. The van der Waals surface area contributed by atoms with Gasteiger partial charge in [0.25, 0.3) is 0 Å². The number of nitrogens with zero attached hydrogens (tertiary/aromatic N) is 4. The molecule has 1 atom stereocenters. The molecule has 2 rings (SSSR count). The first kappa shape index (κ1) is 15.2. The average Bonchev–Trinajstić information content (AvgIpc) is 2.86. The molecule has 0 bridgehead atoms. The van der Waals surface area contributed by atoms with Crippen LogP contribution in [0.1, 0.15) is 31.7 Å². The quantitative estimate of drug-likeness (QED) is 0.844. The van der Waals surface area contributed by atoms with Gasteiger partial charge in [-0.2, -0.15) is 0 Å². The van der Waals surface area contributed by atoms with E-state index in [-0.39, 0.29) is 12.5 Å². The van der Waals surface area contributed by atoms with E-state index in [0.29, 0.717) is 29.6 Å². The molecule has 0 saturated carbocycles. The third-order valence-electron chi connectivity index (χ3n) is 2.79. The number of aliphatic carboxylic acids is 1. The first-order valence-electron chi connectivity index (χ1n) is 6.46. The number of hydrogen-bond acceptors (Lipinski definition) is 5. The van der Waals surface area contributed by atoms with Gasteiger partial charge in [-0.25, -0.2) is 4.68 Å². The molecule has 0 spiro atoms. The number of hydrogen-bond donors (Lipinski definition) is 1. The van der Waals surface area contributed by atoms with Crippen LogP contribution in [0.25, 0.3) is 0 Å². The topological polar surface area (TPSA) is 90.1 Å². The standard InChI is InChI=1S/C13H15ClN4O3/c1-9(21-11-5-2-4-10(14)8-11)13-15-16-17-18(13)7-3-6-12(19)20/h2,4-5,8-9H,3,6-7H2,1H3,(H,19,20). The molecule has 112 valence electrons. The van der Waals surface area contributed by atoms with Gasteiger partial charge in [-0.15, -0.1) is 5.10 Å². The number of carboxylic acids is 1. The van der Waals surface area contributed by atoms with Crippen molar-refractivity contribution in [3.63, 3.8) is 0 Å². The second-order valence-corrected chi connectivity index (χ2v) is 4.91. The van der Waals surface area contributed by atoms with E-state index in [1.807, 2.05) is 6.92 Å². The fourth-order valence-electron chi connectivity index (χ4n) is 1.84. The van der Waals surface area contributed by atoms with Gasteiger partial charge in [-0.3, -0.25) is 4.79 Å². The lowest BCUT2D eigenvalue weighted by Crippen LogP contribution is -2.14. The van der Waals surface area contributed by atoms with Crippen molar-refractivity contribution in [3.8, 4) is 5.75 Å². The molecule has 0 fully saturated rings. The van der Waals surface area contributed by atoms with E-state index in [1.54, 1.807) is 28.9 Å². The lowest BCUT2D eigenvalue weighted by Gasteiger charge is -2.14. The maximum Gasteiger partial charge on any atom is 0.303 e. The van der Waals surface area contributed by atoms with E-state index in [0.717, 1.165) is 0 Å². The van der Waals surface area contributed by atoms with Crippen LogP contribution in [0.3, 0.4) is 0 Å². The smallest absolute Gasteiger partial charge is 0.303 e. The van der Waals surface area contributed by atoms with Crippen LogP contribution in [-0.4, -0.2) is 31.3 Å². The molecular weight excluding hydrogens is 296 g/mol. The molecule has 0 aliphatic carbocycles. The summed E-state index contributed by atoms with van der Waals surface area (Å²) in [7, 11) is 0. The van der Waals surface area contributed by atoms with E-state index in [1.165, 1.54) is 0 Å². The number of benzene rings is 1. The number of aromatic nitrogens is 4. The van der Waals surface area contributed by atoms with Crippen molar-refractivity contribution < 1.29 is 14.6 Å². The van der Waals surface area contributed by atoms with Gasteiger partial charge in [0, 0.05) is 18.0 Å². The van der Waals surface area contributed by atoms with Gasteiger partial charge in [-0.1, -0.05) is 17.7 Å². The summed E-state index contributed by atoms with van der Waals surface area (Å²) in [6.07, 6.45) is 0.156. The molecule has 21 heavy (non-hydrogen) atoms. The number of tetrazole rings is 1. The van der Waals surface area contributed by atoms with Crippen molar-refractivity contribution in [3.05, 3.63) is 35.1 Å². The monoisotopic (exact) mass is 310 g/mol. The second-order valence-electron chi connectivity index (χ2n) is 4.47. The summed E-state index contributed by atoms with van der Waals surface area (Å²) in [6, 6.07) is 7.05. The molecule has 0 saturated heterocycles. The summed E-state index contributed by atoms with van der Waals surface area (Å²) < 4.78 is 7.30. The molecular formula is C13H15ClN4O3. The Kier molecular flexibility index (Phi) is 5.10. The zero-order valence-electron chi connectivity index (χ0n) is 11.4. The summed E-state index contributed by atoms with van der Waals surface area (Å²) in [5.74, 6) is 0.323. The van der Waals surface area contributed by atoms with Crippen LogP contribution >= 0.6 is 11.6 Å². The van der Waals surface area contributed by atoms with Crippen molar-refractivity contribution >= 4 is 17.6 Å². The lowest BCUT2D eigenvalue weighted by atomic mass is 10.3. The van der Waals surface area contributed by atoms with Crippen LogP contribution in [-0.2, 0) is 11.3 Å². The van der Waals surface area contributed by atoms with Gasteiger partial charge in [0.05, 0.1) is 0 Å². The van der Waals surface area contributed by atoms with Gasteiger partial charge in [0.15, 0.2) is 11.9 Å². The van der Waals surface area contributed by atoms with E-state index in [2.05, 4.69) is 15.5 Å². The highest BCUT2D eigenvalue weighted by Gasteiger charge is 2.16. The summed E-state index contributed by atoms with van der Waals surface area (Å²) in [4.78, 5) is 10.5. The van der Waals surface area contributed by atoms with E-state index in [4.69, 9.17) is 21.4 Å². The molecule has 2 aromatic rings. The Morgan fingerprint density at radius 3 is 3.05 bits per heavy atom. The SMILES string of the molecule is CC(Oc1cccc(Cl)c1)c1nnnn1CCCC(=O)O. The van der Waals surface area contributed by atoms with Gasteiger partial charge in [-0.05, 0) is 42.0 Å². The minimum Gasteiger partial charge on any atom is -0.483 e. The average molecular weight is 311 g/mol. The molecule has 0 amide bonds. The molecule has 1 N–H and O–H groups in total. The molecule has 1 aromatic carbocycles. The van der Waals surface area contributed by atoms with Crippen LogP contribution in [0.2, 0.25) is 5.02 Å². The summed E-state index contributed by atoms with van der Waals surface area (Å²) in [5.41, 5.74) is 0. The Bertz CT molecular complexity index is 617. The van der Waals surface area contributed by atoms with Crippen molar-refractivity contribution in [1.82, 2.24) is 20.2 Å². The van der Waals surface area contributed by atoms with Crippen LogP contribution in [0.4, 0.5) is 0 Å². The summed E-state index contributed by atoms with van der Waals surface area (Å²) in [5, 5.41) is 20.6. The molecule has 0 aliphatic heterocycles. The van der Waals surface area contributed by atoms with Gasteiger partial charge >= 0.3 is 5.97 Å². The number of aryl methyl sites for hydroxylation is 1. The second kappa shape index (κ2) is 7.03. The predicted molar refractivity (Wildman–Crippen MR) is 75.2 cm³/mol. The lowest BCUT2D eigenvalue weighted by molar-refractivity contribution is -0.137. The molecule has 1 heterocycles. The Hall–Kier alpha value is -2.15. The van der Waals surface area contributed by atoms with Gasteiger partial charge in [0.1, 0.15) is 5.75 Å². The van der Waals surface area contributed by atoms with E-state index in [9.17, 15) is 4.79 Å². The van der Waals surface area contributed by atoms with Crippen LogP contribution < -0.4 is 4.74 Å². The van der Waals surface area contributed by atoms with Crippen molar-refractivity contribution in [2.24, 2.45) is 0 Å². The molecule has 0 radical (unpaired) electrons. The van der Waals surface area contributed by atoms with Crippen molar-refractivity contribution in [2.75, 3.05) is 0 Å². The third kappa shape index (κ3) is 4.42. The number of ether oxygens (including phenoxy) is 1. The fourth-order valence-corrected chi connectivity index (χ4v) is 2.02. The predicted octanol–water partition coefficient (Wildman–Crippen LogP) is 2.33.